The van der Waals surface area contributed by atoms with Gasteiger partial charge in [-0.05, 0) is 33.3 Å². The van der Waals surface area contributed by atoms with Crippen LogP contribution in [-0.4, -0.2) is 32.1 Å². The highest BCUT2D eigenvalue weighted by molar-refractivity contribution is 7.20. The summed E-state index contributed by atoms with van der Waals surface area (Å²) in [6, 6.07) is 0. The van der Waals surface area contributed by atoms with E-state index in [1.54, 1.807) is 6.92 Å². The van der Waals surface area contributed by atoms with Crippen molar-refractivity contribution >= 4 is 33.4 Å². The number of hydrogen-bond donors (Lipinski definition) is 2. The van der Waals surface area contributed by atoms with Gasteiger partial charge in [0.05, 0.1) is 16.6 Å². The molecule has 0 aliphatic carbocycles. The second-order valence-corrected chi connectivity index (χ2v) is 6.46. The van der Waals surface area contributed by atoms with Gasteiger partial charge in [0, 0.05) is 6.54 Å². The SMILES string of the molecule is CCn1cnc2sc(C(=O)NC(C)(C)C(=O)O)c(C)c2c1=O. The fraction of sp³-hybridized carbons (Fsp3) is 0.429. The lowest BCUT2D eigenvalue weighted by atomic mass is 10.1. The molecule has 0 bridgehead atoms. The maximum atomic E-state index is 12.3. The number of carboxylic acid groups (broad SMARTS) is 1. The molecule has 0 unspecified atom stereocenters. The smallest absolute Gasteiger partial charge is 0.328 e. The summed E-state index contributed by atoms with van der Waals surface area (Å²) < 4.78 is 1.46. The predicted octanol–water partition coefficient (Wildman–Crippen LogP) is 1.38. The molecule has 0 radical (unpaired) electrons. The van der Waals surface area contributed by atoms with Gasteiger partial charge in [-0.2, -0.15) is 0 Å². The van der Waals surface area contributed by atoms with Gasteiger partial charge in [-0.25, -0.2) is 9.78 Å². The zero-order valence-electron chi connectivity index (χ0n) is 12.8. The van der Waals surface area contributed by atoms with Gasteiger partial charge in [0.15, 0.2) is 0 Å². The molecule has 8 heteroatoms. The molecular formula is C14H17N3O4S. The standard InChI is InChI=1S/C14H17N3O4S/c1-5-17-6-15-11-8(12(17)19)7(2)9(22-11)10(18)16-14(3,4)13(20)21/h6H,5H2,1-4H3,(H,16,18)(H,20,21). The first-order valence-electron chi connectivity index (χ1n) is 6.73. The number of hydrogen-bond acceptors (Lipinski definition) is 5. The molecule has 1 amide bonds. The molecule has 0 saturated heterocycles. The van der Waals surface area contributed by atoms with Crippen molar-refractivity contribution in [2.24, 2.45) is 0 Å². The quantitative estimate of drug-likeness (QED) is 0.885. The lowest BCUT2D eigenvalue weighted by Crippen LogP contribution is -2.49. The molecule has 22 heavy (non-hydrogen) atoms. The number of amides is 1. The summed E-state index contributed by atoms with van der Waals surface area (Å²) in [5, 5.41) is 11.9. The molecule has 7 nitrogen and oxygen atoms in total. The molecule has 0 aromatic carbocycles. The first-order valence-corrected chi connectivity index (χ1v) is 7.55. The maximum absolute atomic E-state index is 12.3. The van der Waals surface area contributed by atoms with Crippen LogP contribution in [0.5, 0.6) is 0 Å². The Labute approximate surface area is 130 Å². The number of aromatic nitrogens is 2. The van der Waals surface area contributed by atoms with Gasteiger partial charge >= 0.3 is 5.97 Å². The molecular weight excluding hydrogens is 306 g/mol. The van der Waals surface area contributed by atoms with E-state index in [2.05, 4.69) is 10.3 Å². The third-order valence-corrected chi connectivity index (χ3v) is 4.62. The highest BCUT2D eigenvalue weighted by Crippen LogP contribution is 2.27. The third-order valence-electron chi connectivity index (χ3n) is 3.42. The van der Waals surface area contributed by atoms with E-state index in [0.29, 0.717) is 27.2 Å². The fourth-order valence-electron chi connectivity index (χ4n) is 2.00. The Morgan fingerprint density at radius 2 is 2.09 bits per heavy atom. The van der Waals surface area contributed by atoms with Crippen molar-refractivity contribution in [1.82, 2.24) is 14.9 Å². The Morgan fingerprint density at radius 3 is 2.64 bits per heavy atom. The van der Waals surface area contributed by atoms with E-state index < -0.39 is 17.4 Å². The number of thiophene rings is 1. The zero-order valence-corrected chi connectivity index (χ0v) is 13.6. The van der Waals surface area contributed by atoms with Crippen LogP contribution in [0.25, 0.3) is 10.2 Å². The number of rotatable bonds is 4. The van der Waals surface area contributed by atoms with E-state index in [0.717, 1.165) is 11.3 Å². The first-order chi connectivity index (χ1) is 10.2. The van der Waals surface area contributed by atoms with Crippen LogP contribution in [0.3, 0.4) is 0 Å². The minimum atomic E-state index is -1.39. The van der Waals surface area contributed by atoms with Gasteiger partial charge in [-0.3, -0.25) is 14.2 Å². The average Bonchev–Trinajstić information content (AvgIpc) is 2.76. The minimum absolute atomic E-state index is 0.196. The Balaban J connectivity index is 2.52. The first kappa shape index (κ1) is 16.2. The van der Waals surface area contributed by atoms with E-state index in [-0.39, 0.29) is 5.56 Å². The Morgan fingerprint density at radius 1 is 1.45 bits per heavy atom. The topological polar surface area (TPSA) is 101 Å². The van der Waals surface area contributed by atoms with Crippen molar-refractivity contribution in [3.8, 4) is 0 Å². The van der Waals surface area contributed by atoms with Crippen LogP contribution >= 0.6 is 11.3 Å². The Hall–Kier alpha value is -2.22. The number of aryl methyl sites for hydroxylation is 2. The molecule has 2 aromatic rings. The molecule has 0 aliphatic heterocycles. The van der Waals surface area contributed by atoms with E-state index in [9.17, 15) is 14.4 Å². The number of fused-ring (bicyclic) bond motifs is 1. The van der Waals surface area contributed by atoms with E-state index in [1.807, 2.05) is 6.92 Å². The number of aliphatic carboxylic acids is 1. The van der Waals surface area contributed by atoms with Crippen molar-refractivity contribution in [2.75, 3.05) is 0 Å². The zero-order chi connectivity index (χ0) is 16.7. The van der Waals surface area contributed by atoms with Gasteiger partial charge in [-0.15, -0.1) is 11.3 Å². The molecule has 0 fully saturated rings. The van der Waals surface area contributed by atoms with E-state index >= 15 is 0 Å². The summed E-state index contributed by atoms with van der Waals surface area (Å²) in [5.74, 6) is -1.65. The predicted molar refractivity (Wildman–Crippen MR) is 83.5 cm³/mol. The van der Waals surface area contributed by atoms with Crippen molar-refractivity contribution < 1.29 is 14.7 Å². The van der Waals surface area contributed by atoms with Crippen LogP contribution in [0.2, 0.25) is 0 Å². The number of nitrogens with zero attached hydrogens (tertiary/aromatic N) is 2. The number of carboxylic acids is 1. The highest BCUT2D eigenvalue weighted by Gasteiger charge is 2.31. The molecule has 2 heterocycles. The summed E-state index contributed by atoms with van der Waals surface area (Å²) in [7, 11) is 0. The minimum Gasteiger partial charge on any atom is -0.480 e. The second-order valence-electron chi connectivity index (χ2n) is 5.46. The molecule has 2 N–H and O–H groups in total. The normalized spacial score (nSPS) is 11.6. The molecule has 0 aliphatic rings. The van der Waals surface area contributed by atoms with Gasteiger partial charge in [-0.1, -0.05) is 0 Å². The summed E-state index contributed by atoms with van der Waals surface area (Å²) in [5.41, 5.74) is -1.06. The van der Waals surface area contributed by atoms with Gasteiger partial charge in [0.2, 0.25) is 0 Å². The van der Waals surface area contributed by atoms with Crippen LogP contribution in [0.4, 0.5) is 0 Å². The summed E-state index contributed by atoms with van der Waals surface area (Å²) in [4.78, 5) is 40.7. The van der Waals surface area contributed by atoms with E-state index in [1.165, 1.54) is 24.7 Å². The number of carbonyl (C=O) groups excluding carboxylic acids is 1. The highest BCUT2D eigenvalue weighted by atomic mass is 32.1. The van der Waals surface area contributed by atoms with Crippen molar-refractivity contribution in [3.05, 3.63) is 27.1 Å². The Kier molecular flexibility index (Phi) is 4.06. The van der Waals surface area contributed by atoms with Gasteiger partial charge in [0.1, 0.15) is 10.4 Å². The second kappa shape index (κ2) is 5.53. The monoisotopic (exact) mass is 323 g/mol. The van der Waals surface area contributed by atoms with Crippen molar-refractivity contribution in [1.29, 1.82) is 0 Å². The maximum Gasteiger partial charge on any atom is 0.328 e. The number of carbonyl (C=O) groups is 2. The third kappa shape index (κ3) is 2.61. The Bertz CT molecular complexity index is 819. The lowest BCUT2D eigenvalue weighted by Gasteiger charge is -2.20. The summed E-state index contributed by atoms with van der Waals surface area (Å²) in [6.07, 6.45) is 1.45. The van der Waals surface area contributed by atoms with Crippen LogP contribution in [0.15, 0.2) is 11.1 Å². The van der Waals surface area contributed by atoms with Crippen LogP contribution in [0.1, 0.15) is 36.0 Å². The summed E-state index contributed by atoms with van der Waals surface area (Å²) >= 11 is 1.09. The lowest BCUT2D eigenvalue weighted by molar-refractivity contribution is -0.143. The molecule has 2 aromatic heterocycles. The van der Waals surface area contributed by atoms with Crippen molar-refractivity contribution in [2.45, 2.75) is 39.8 Å². The van der Waals surface area contributed by atoms with Gasteiger partial charge < -0.3 is 10.4 Å². The molecule has 0 atom stereocenters. The average molecular weight is 323 g/mol. The van der Waals surface area contributed by atoms with Crippen LogP contribution < -0.4 is 10.9 Å². The summed E-state index contributed by atoms with van der Waals surface area (Å²) in [6.45, 7) is 6.80. The van der Waals surface area contributed by atoms with E-state index in [4.69, 9.17) is 5.11 Å². The van der Waals surface area contributed by atoms with Crippen LogP contribution in [0, 0.1) is 6.92 Å². The molecule has 118 valence electrons. The van der Waals surface area contributed by atoms with Crippen molar-refractivity contribution in [3.63, 3.8) is 0 Å². The molecule has 0 spiro atoms. The molecule has 0 saturated carbocycles. The molecule has 2 rings (SSSR count). The van der Waals surface area contributed by atoms with Crippen LogP contribution in [-0.2, 0) is 11.3 Å². The number of nitrogens with one attached hydrogen (secondary N) is 1. The van der Waals surface area contributed by atoms with Gasteiger partial charge in [0.25, 0.3) is 11.5 Å². The fourth-order valence-corrected chi connectivity index (χ4v) is 3.03. The largest absolute Gasteiger partial charge is 0.480 e.